The SMILES string of the molecule is Cc1cccc(OCC(=O)N(Cc2ccc(F)cc2)[C@H](Cc2ccccc2)C(=O)NC2CCCC2)c1C. The van der Waals surface area contributed by atoms with E-state index in [-0.39, 0.29) is 36.8 Å². The van der Waals surface area contributed by atoms with E-state index in [1.165, 1.54) is 12.1 Å². The second-order valence-corrected chi connectivity index (χ2v) is 9.83. The predicted molar refractivity (Wildman–Crippen MR) is 143 cm³/mol. The highest BCUT2D eigenvalue weighted by molar-refractivity contribution is 5.88. The fourth-order valence-electron chi connectivity index (χ4n) is 4.81. The standard InChI is InChI=1S/C31H35FN2O3/c1-22-9-8-14-29(23(22)2)37-21-30(35)34(20-25-15-17-26(32)18-16-25)28(19-24-10-4-3-5-11-24)31(36)33-27-12-6-7-13-27/h3-5,8-11,14-18,27-28H,6-7,12-13,19-21H2,1-2H3,(H,33,36)/t28-/m1/s1. The number of nitrogens with one attached hydrogen (secondary N) is 1. The fraction of sp³-hybridized carbons (Fsp3) is 0.355. The zero-order valence-corrected chi connectivity index (χ0v) is 21.6. The van der Waals surface area contributed by atoms with E-state index in [4.69, 9.17) is 4.74 Å². The first-order valence-electron chi connectivity index (χ1n) is 13.0. The maximum atomic E-state index is 13.7. The van der Waals surface area contributed by atoms with Crippen LogP contribution in [0.1, 0.15) is 47.9 Å². The number of ether oxygens (including phenoxy) is 1. The number of halogens is 1. The number of nitrogens with zero attached hydrogens (tertiary/aromatic N) is 1. The first kappa shape index (κ1) is 26.4. The molecule has 37 heavy (non-hydrogen) atoms. The van der Waals surface area contributed by atoms with Gasteiger partial charge >= 0.3 is 0 Å². The molecule has 1 saturated carbocycles. The Morgan fingerprint density at radius 3 is 2.35 bits per heavy atom. The lowest BCUT2D eigenvalue weighted by atomic mass is 10.0. The molecule has 4 rings (SSSR count). The average Bonchev–Trinajstić information content (AvgIpc) is 3.41. The molecule has 0 aliphatic heterocycles. The minimum Gasteiger partial charge on any atom is -0.483 e. The van der Waals surface area contributed by atoms with Crippen LogP contribution in [0.3, 0.4) is 0 Å². The first-order chi connectivity index (χ1) is 17.9. The molecule has 0 saturated heterocycles. The molecule has 194 valence electrons. The van der Waals surface area contributed by atoms with Crippen molar-refractivity contribution in [2.45, 2.75) is 64.6 Å². The highest BCUT2D eigenvalue weighted by atomic mass is 19.1. The third-order valence-corrected chi connectivity index (χ3v) is 7.14. The molecule has 1 aliphatic carbocycles. The maximum Gasteiger partial charge on any atom is 0.261 e. The number of carbonyl (C=O) groups excluding carboxylic acids is 2. The number of hydrogen-bond donors (Lipinski definition) is 1. The van der Waals surface area contributed by atoms with Gasteiger partial charge in [-0.1, -0.05) is 67.4 Å². The van der Waals surface area contributed by atoms with E-state index in [0.717, 1.165) is 47.9 Å². The smallest absolute Gasteiger partial charge is 0.261 e. The quantitative estimate of drug-likeness (QED) is 0.397. The maximum absolute atomic E-state index is 13.7. The van der Waals surface area contributed by atoms with Gasteiger partial charge < -0.3 is 15.0 Å². The Kier molecular flexibility index (Phi) is 8.94. The van der Waals surface area contributed by atoms with Gasteiger partial charge in [0.05, 0.1) is 0 Å². The molecular formula is C31H35FN2O3. The van der Waals surface area contributed by atoms with Crippen LogP contribution in [0, 0.1) is 19.7 Å². The van der Waals surface area contributed by atoms with Gasteiger partial charge in [0.1, 0.15) is 17.6 Å². The number of amides is 2. The highest BCUT2D eigenvalue weighted by Crippen LogP contribution is 2.22. The minimum absolute atomic E-state index is 0.125. The van der Waals surface area contributed by atoms with Crippen molar-refractivity contribution in [1.82, 2.24) is 10.2 Å². The molecule has 0 heterocycles. The predicted octanol–water partition coefficient (Wildman–Crippen LogP) is 5.52. The van der Waals surface area contributed by atoms with Crippen LogP contribution in [0.4, 0.5) is 4.39 Å². The first-order valence-corrected chi connectivity index (χ1v) is 13.0. The Balaban J connectivity index is 1.62. The molecule has 1 fully saturated rings. The Morgan fingerprint density at radius 2 is 1.65 bits per heavy atom. The van der Waals surface area contributed by atoms with E-state index in [1.807, 2.05) is 62.4 Å². The summed E-state index contributed by atoms with van der Waals surface area (Å²) in [4.78, 5) is 28.9. The summed E-state index contributed by atoms with van der Waals surface area (Å²) in [5.41, 5.74) is 3.75. The lowest BCUT2D eigenvalue weighted by molar-refractivity contribution is -0.143. The van der Waals surface area contributed by atoms with Crippen LogP contribution >= 0.6 is 0 Å². The van der Waals surface area contributed by atoms with E-state index in [0.29, 0.717) is 12.2 Å². The summed E-state index contributed by atoms with van der Waals surface area (Å²) in [5, 5.41) is 3.19. The van der Waals surface area contributed by atoms with Crippen molar-refractivity contribution in [3.05, 3.63) is 101 Å². The van der Waals surface area contributed by atoms with Crippen LogP contribution in [0.5, 0.6) is 5.75 Å². The number of benzene rings is 3. The van der Waals surface area contributed by atoms with Crippen molar-refractivity contribution in [3.8, 4) is 5.75 Å². The van der Waals surface area contributed by atoms with Crippen molar-refractivity contribution in [2.24, 2.45) is 0 Å². The van der Waals surface area contributed by atoms with Gasteiger partial charge in [-0.2, -0.15) is 0 Å². The van der Waals surface area contributed by atoms with E-state index in [9.17, 15) is 14.0 Å². The summed E-state index contributed by atoms with van der Waals surface area (Å²) in [6.07, 6.45) is 4.46. The topological polar surface area (TPSA) is 58.6 Å². The molecule has 3 aromatic carbocycles. The third kappa shape index (κ3) is 7.19. The molecule has 0 aromatic heterocycles. The minimum atomic E-state index is -0.734. The molecule has 0 bridgehead atoms. The Hall–Kier alpha value is -3.67. The molecular weight excluding hydrogens is 467 g/mol. The molecule has 3 aromatic rings. The Morgan fingerprint density at radius 1 is 0.946 bits per heavy atom. The van der Waals surface area contributed by atoms with Crippen molar-refractivity contribution < 1.29 is 18.7 Å². The Bertz CT molecular complexity index is 1190. The van der Waals surface area contributed by atoms with Crippen molar-refractivity contribution in [1.29, 1.82) is 0 Å². The summed E-state index contributed by atoms with van der Waals surface area (Å²) < 4.78 is 19.5. The van der Waals surface area contributed by atoms with Crippen LogP contribution in [0.2, 0.25) is 0 Å². The number of rotatable bonds is 10. The van der Waals surface area contributed by atoms with Crippen LogP contribution in [-0.4, -0.2) is 35.4 Å². The van der Waals surface area contributed by atoms with Crippen LogP contribution in [0.15, 0.2) is 72.8 Å². The molecule has 2 amide bonds. The largest absolute Gasteiger partial charge is 0.483 e. The summed E-state index contributed by atoms with van der Waals surface area (Å²) in [5.74, 6) is -0.171. The lowest BCUT2D eigenvalue weighted by Crippen LogP contribution is -2.53. The summed E-state index contributed by atoms with van der Waals surface area (Å²) in [6, 6.07) is 20.9. The van der Waals surface area contributed by atoms with Gasteiger partial charge in [0.15, 0.2) is 6.61 Å². The van der Waals surface area contributed by atoms with Gasteiger partial charge in [-0.3, -0.25) is 9.59 Å². The summed E-state index contributed by atoms with van der Waals surface area (Å²) in [7, 11) is 0. The molecule has 5 nitrogen and oxygen atoms in total. The molecule has 1 atom stereocenters. The molecule has 1 N–H and O–H groups in total. The van der Waals surface area contributed by atoms with Gasteiger partial charge in [-0.25, -0.2) is 4.39 Å². The Labute approximate surface area is 218 Å². The lowest BCUT2D eigenvalue weighted by Gasteiger charge is -2.32. The molecule has 0 spiro atoms. The van der Waals surface area contributed by atoms with Gasteiger partial charge in [0.25, 0.3) is 5.91 Å². The monoisotopic (exact) mass is 502 g/mol. The fourth-order valence-corrected chi connectivity index (χ4v) is 4.81. The molecule has 0 radical (unpaired) electrons. The second-order valence-electron chi connectivity index (χ2n) is 9.83. The third-order valence-electron chi connectivity index (χ3n) is 7.14. The van der Waals surface area contributed by atoms with Crippen molar-refractivity contribution >= 4 is 11.8 Å². The normalized spacial score (nSPS) is 14.2. The second kappa shape index (κ2) is 12.5. The number of aryl methyl sites for hydroxylation is 1. The summed E-state index contributed by atoms with van der Waals surface area (Å²) in [6.45, 7) is 3.92. The van der Waals surface area contributed by atoms with Gasteiger partial charge in [0.2, 0.25) is 5.91 Å². The van der Waals surface area contributed by atoms with E-state index in [1.54, 1.807) is 17.0 Å². The van der Waals surface area contributed by atoms with Crippen molar-refractivity contribution in [3.63, 3.8) is 0 Å². The van der Waals surface area contributed by atoms with Gasteiger partial charge in [-0.05, 0) is 67.1 Å². The van der Waals surface area contributed by atoms with Crippen LogP contribution in [0.25, 0.3) is 0 Å². The summed E-state index contributed by atoms with van der Waals surface area (Å²) >= 11 is 0. The molecule has 1 aliphatic rings. The highest BCUT2D eigenvalue weighted by Gasteiger charge is 2.32. The van der Waals surface area contributed by atoms with Crippen molar-refractivity contribution in [2.75, 3.05) is 6.61 Å². The van der Waals surface area contributed by atoms with Gasteiger partial charge in [0, 0.05) is 19.0 Å². The van der Waals surface area contributed by atoms with Crippen LogP contribution in [-0.2, 0) is 22.6 Å². The van der Waals surface area contributed by atoms with E-state index < -0.39 is 6.04 Å². The van der Waals surface area contributed by atoms with E-state index in [2.05, 4.69) is 5.32 Å². The van der Waals surface area contributed by atoms with Crippen LogP contribution < -0.4 is 10.1 Å². The number of carbonyl (C=O) groups is 2. The zero-order valence-electron chi connectivity index (χ0n) is 21.6. The zero-order chi connectivity index (χ0) is 26.2. The van der Waals surface area contributed by atoms with E-state index >= 15 is 0 Å². The van der Waals surface area contributed by atoms with Gasteiger partial charge in [-0.15, -0.1) is 0 Å². The average molecular weight is 503 g/mol. The molecule has 6 heteroatoms. The number of hydrogen-bond acceptors (Lipinski definition) is 3. The molecule has 0 unspecified atom stereocenters.